The molecule has 10 heavy (non-hydrogen) atoms. The lowest BCUT2D eigenvalue weighted by molar-refractivity contribution is 0.339. The Kier molecular flexibility index (Phi) is 7.13. The van der Waals surface area contributed by atoms with E-state index in [0.29, 0.717) is 0 Å². The Morgan fingerprint density at radius 3 is 1.50 bits per heavy atom. The van der Waals surface area contributed by atoms with E-state index in [4.69, 9.17) is 10.2 Å². The minimum absolute atomic E-state index is 0.0619. The van der Waals surface area contributed by atoms with Crippen molar-refractivity contribution in [1.82, 2.24) is 0 Å². The maximum absolute atomic E-state index is 8.55. The summed E-state index contributed by atoms with van der Waals surface area (Å²) < 4.78 is 1.72. The van der Waals surface area contributed by atoms with Gasteiger partial charge in [0, 0.05) is 7.16 Å². The Morgan fingerprint density at radius 1 is 1.00 bits per heavy atom. The Balaban J connectivity index is 3.91. The van der Waals surface area contributed by atoms with Gasteiger partial charge in [-0.05, 0) is 57.3 Å². The van der Waals surface area contributed by atoms with Crippen LogP contribution >= 0.6 is 45.2 Å². The Hall–Kier alpha value is 0.860. The third-order valence-electron chi connectivity index (χ3n) is 0.747. The molecular formula is C6H8I2O2. The molecule has 2 N–H and O–H groups in total. The number of aliphatic hydroxyl groups excluding tert-OH is 2. The van der Waals surface area contributed by atoms with Crippen LogP contribution in [0.1, 0.15) is 0 Å². The fourth-order valence-corrected chi connectivity index (χ4v) is 0.646. The summed E-state index contributed by atoms with van der Waals surface area (Å²) in [5, 5.41) is 17.1. The quantitative estimate of drug-likeness (QED) is 0.589. The van der Waals surface area contributed by atoms with Crippen LogP contribution in [-0.4, -0.2) is 23.4 Å². The molecule has 2 nitrogen and oxygen atoms in total. The van der Waals surface area contributed by atoms with Crippen molar-refractivity contribution < 1.29 is 10.2 Å². The van der Waals surface area contributed by atoms with Gasteiger partial charge in [0.15, 0.2) is 0 Å². The van der Waals surface area contributed by atoms with Crippen LogP contribution in [0.3, 0.4) is 0 Å². The summed E-state index contributed by atoms with van der Waals surface area (Å²) in [6, 6.07) is 0. The summed E-state index contributed by atoms with van der Waals surface area (Å²) in [5.41, 5.74) is 0. The van der Waals surface area contributed by atoms with Gasteiger partial charge in [-0.2, -0.15) is 0 Å². The SMILES string of the molecule is OC/C(I)=C/C=C(\I)CO. The van der Waals surface area contributed by atoms with Crippen LogP contribution in [0.15, 0.2) is 19.3 Å². The average Bonchev–Trinajstić information content (AvgIpc) is 1.99. The molecule has 58 valence electrons. The maximum atomic E-state index is 8.55. The predicted molar refractivity (Wildman–Crippen MR) is 58.4 cm³/mol. The van der Waals surface area contributed by atoms with Gasteiger partial charge in [0.2, 0.25) is 0 Å². The van der Waals surface area contributed by atoms with Gasteiger partial charge in [-0.25, -0.2) is 0 Å². The molecule has 0 aliphatic rings. The summed E-state index contributed by atoms with van der Waals surface area (Å²) in [6.45, 7) is 0.124. The molecule has 0 rings (SSSR count). The zero-order valence-electron chi connectivity index (χ0n) is 5.22. The summed E-state index contributed by atoms with van der Waals surface area (Å²) >= 11 is 4.07. The van der Waals surface area contributed by atoms with Crippen LogP contribution in [0.2, 0.25) is 0 Å². The molecule has 0 radical (unpaired) electrons. The van der Waals surface area contributed by atoms with Crippen molar-refractivity contribution in [1.29, 1.82) is 0 Å². The molecule has 0 unspecified atom stereocenters. The zero-order chi connectivity index (χ0) is 7.98. The van der Waals surface area contributed by atoms with Gasteiger partial charge < -0.3 is 10.2 Å². The van der Waals surface area contributed by atoms with Crippen LogP contribution in [0.4, 0.5) is 0 Å². The number of aliphatic hydroxyl groups is 2. The highest BCUT2D eigenvalue weighted by Gasteiger charge is 1.86. The van der Waals surface area contributed by atoms with E-state index >= 15 is 0 Å². The van der Waals surface area contributed by atoms with Gasteiger partial charge in [0.25, 0.3) is 0 Å². The van der Waals surface area contributed by atoms with Crippen molar-refractivity contribution in [3.8, 4) is 0 Å². The molecule has 0 aromatic heterocycles. The number of allylic oxidation sites excluding steroid dienone is 2. The van der Waals surface area contributed by atoms with E-state index in [1.165, 1.54) is 0 Å². The first-order valence-electron chi connectivity index (χ1n) is 2.63. The predicted octanol–water partition coefficient (Wildman–Crippen LogP) is 1.61. The third kappa shape index (κ3) is 5.63. The van der Waals surface area contributed by atoms with Crippen LogP contribution in [0, 0.1) is 0 Å². The van der Waals surface area contributed by atoms with Crippen molar-refractivity contribution in [2.75, 3.05) is 13.2 Å². The van der Waals surface area contributed by atoms with Gasteiger partial charge in [0.05, 0.1) is 13.2 Å². The molecule has 0 aliphatic heterocycles. The molecular weight excluding hydrogens is 358 g/mol. The van der Waals surface area contributed by atoms with E-state index in [0.717, 1.165) is 7.16 Å². The molecule has 0 heterocycles. The highest BCUT2D eigenvalue weighted by molar-refractivity contribution is 14.1. The first-order valence-corrected chi connectivity index (χ1v) is 4.79. The summed E-state index contributed by atoms with van der Waals surface area (Å²) in [4.78, 5) is 0. The monoisotopic (exact) mass is 366 g/mol. The number of halogens is 2. The lowest BCUT2D eigenvalue weighted by atomic mass is 10.4. The largest absolute Gasteiger partial charge is 0.391 e. The smallest absolute Gasteiger partial charge is 0.0738 e. The first-order chi connectivity index (χ1) is 4.70. The molecule has 4 heteroatoms. The van der Waals surface area contributed by atoms with Crippen molar-refractivity contribution >= 4 is 45.2 Å². The minimum atomic E-state index is 0.0619. The summed E-state index contributed by atoms with van der Waals surface area (Å²) in [5.74, 6) is 0. The van der Waals surface area contributed by atoms with E-state index in [1.807, 2.05) is 45.2 Å². The van der Waals surface area contributed by atoms with Crippen LogP contribution < -0.4 is 0 Å². The van der Waals surface area contributed by atoms with E-state index in [-0.39, 0.29) is 13.2 Å². The second-order valence-corrected chi connectivity index (χ2v) is 4.31. The molecule has 0 saturated carbocycles. The molecule has 0 fully saturated rings. The van der Waals surface area contributed by atoms with Gasteiger partial charge in [0.1, 0.15) is 0 Å². The van der Waals surface area contributed by atoms with E-state index in [2.05, 4.69) is 0 Å². The minimum Gasteiger partial charge on any atom is -0.391 e. The van der Waals surface area contributed by atoms with Crippen molar-refractivity contribution in [2.24, 2.45) is 0 Å². The number of rotatable bonds is 3. The van der Waals surface area contributed by atoms with Gasteiger partial charge in [-0.1, -0.05) is 0 Å². The fourth-order valence-electron chi connectivity index (χ4n) is 0.286. The standard InChI is InChI=1S/C6H8I2O2/c7-5(3-9)1-2-6(8)4-10/h1-2,9-10H,3-4H2/b5-1-,6-2-. The highest BCUT2D eigenvalue weighted by Crippen LogP contribution is 2.08. The highest BCUT2D eigenvalue weighted by atomic mass is 127. The first kappa shape index (κ1) is 10.9. The molecule has 0 aliphatic carbocycles. The summed E-state index contributed by atoms with van der Waals surface area (Å²) in [6.07, 6.45) is 3.55. The zero-order valence-corrected chi connectivity index (χ0v) is 9.53. The van der Waals surface area contributed by atoms with Crippen LogP contribution in [0.5, 0.6) is 0 Å². The van der Waals surface area contributed by atoms with Crippen molar-refractivity contribution in [3.05, 3.63) is 19.3 Å². The topological polar surface area (TPSA) is 40.5 Å². The fraction of sp³-hybridized carbons (Fsp3) is 0.333. The number of hydrogen-bond acceptors (Lipinski definition) is 2. The molecule has 0 bridgehead atoms. The van der Waals surface area contributed by atoms with Gasteiger partial charge in [-0.15, -0.1) is 0 Å². The van der Waals surface area contributed by atoms with E-state index in [9.17, 15) is 0 Å². The lowest BCUT2D eigenvalue weighted by Crippen LogP contribution is -1.80. The molecule has 0 aromatic rings. The maximum Gasteiger partial charge on any atom is 0.0738 e. The van der Waals surface area contributed by atoms with Gasteiger partial charge in [-0.3, -0.25) is 0 Å². The Bertz CT molecular complexity index is 134. The molecule has 0 spiro atoms. The Labute approximate surface area is 87.3 Å². The average molecular weight is 366 g/mol. The summed E-state index contributed by atoms with van der Waals surface area (Å²) in [7, 11) is 0. The van der Waals surface area contributed by atoms with E-state index < -0.39 is 0 Å². The lowest BCUT2D eigenvalue weighted by Gasteiger charge is -1.89. The van der Waals surface area contributed by atoms with Crippen molar-refractivity contribution in [2.45, 2.75) is 0 Å². The third-order valence-corrected chi connectivity index (χ3v) is 2.15. The Morgan fingerprint density at radius 2 is 1.30 bits per heavy atom. The molecule has 0 amide bonds. The molecule has 0 atom stereocenters. The van der Waals surface area contributed by atoms with Crippen LogP contribution in [0.25, 0.3) is 0 Å². The normalized spacial score (nSPS) is 14.0. The van der Waals surface area contributed by atoms with Crippen molar-refractivity contribution in [3.63, 3.8) is 0 Å². The second-order valence-electron chi connectivity index (χ2n) is 1.54. The number of hydrogen-bond donors (Lipinski definition) is 2. The van der Waals surface area contributed by atoms with Gasteiger partial charge >= 0.3 is 0 Å². The van der Waals surface area contributed by atoms with E-state index in [1.54, 1.807) is 12.2 Å². The van der Waals surface area contributed by atoms with Crippen LogP contribution in [-0.2, 0) is 0 Å². The second kappa shape index (κ2) is 6.56. The molecule has 0 aromatic carbocycles. The molecule has 0 saturated heterocycles.